The minimum Gasteiger partial charge on any atom is -0.207 e. The number of hydrogen-bond donors (Lipinski definition) is 0. The van der Waals surface area contributed by atoms with Gasteiger partial charge < -0.3 is 0 Å². The summed E-state index contributed by atoms with van der Waals surface area (Å²) in [5.41, 5.74) is 0. The number of alkyl halides is 2. The number of rotatable bonds is 2. The molecule has 1 unspecified atom stereocenters. The normalized spacial score (nSPS) is 28.3. The van der Waals surface area contributed by atoms with Gasteiger partial charge in [0.2, 0.25) is 0 Å². The Morgan fingerprint density at radius 1 is 1.55 bits per heavy atom. The van der Waals surface area contributed by atoms with Crippen LogP contribution in [0.15, 0.2) is 0 Å². The van der Waals surface area contributed by atoms with E-state index in [-0.39, 0.29) is 12.8 Å². The van der Waals surface area contributed by atoms with Gasteiger partial charge in [-0.05, 0) is 19.3 Å². The van der Waals surface area contributed by atoms with Crippen molar-refractivity contribution in [1.29, 1.82) is 5.26 Å². The monoisotopic (exact) mass is 159 g/mol. The van der Waals surface area contributed by atoms with Gasteiger partial charge in [0.15, 0.2) is 0 Å². The molecule has 0 amide bonds. The molecule has 1 fully saturated rings. The van der Waals surface area contributed by atoms with Gasteiger partial charge in [0.1, 0.15) is 0 Å². The number of hydrogen-bond acceptors (Lipinski definition) is 1. The van der Waals surface area contributed by atoms with Crippen LogP contribution in [-0.4, -0.2) is 5.92 Å². The van der Waals surface area contributed by atoms with Gasteiger partial charge in [0, 0.05) is 18.8 Å². The summed E-state index contributed by atoms with van der Waals surface area (Å²) < 4.78 is 25.6. The second kappa shape index (κ2) is 3.17. The summed E-state index contributed by atoms with van der Waals surface area (Å²) in [5.74, 6) is -3.02. The predicted octanol–water partition coefficient (Wildman–Crippen LogP) is 2.73. The summed E-state index contributed by atoms with van der Waals surface area (Å²) in [7, 11) is 0. The van der Waals surface area contributed by atoms with E-state index in [1.807, 2.05) is 6.07 Å². The molecule has 11 heavy (non-hydrogen) atoms. The van der Waals surface area contributed by atoms with Crippen molar-refractivity contribution < 1.29 is 8.78 Å². The van der Waals surface area contributed by atoms with Crippen molar-refractivity contribution in [2.45, 2.75) is 38.0 Å². The van der Waals surface area contributed by atoms with Crippen molar-refractivity contribution in [1.82, 2.24) is 0 Å². The number of halogens is 2. The molecule has 0 aliphatic heterocycles. The van der Waals surface area contributed by atoms with Crippen molar-refractivity contribution in [3.63, 3.8) is 0 Å². The Hall–Kier alpha value is -0.650. The Morgan fingerprint density at radius 3 is 2.73 bits per heavy atom. The molecule has 62 valence electrons. The van der Waals surface area contributed by atoms with E-state index in [0.29, 0.717) is 19.3 Å². The van der Waals surface area contributed by atoms with Crippen molar-refractivity contribution in [2.24, 2.45) is 5.92 Å². The molecule has 1 aliphatic rings. The fourth-order valence-electron chi connectivity index (χ4n) is 1.59. The van der Waals surface area contributed by atoms with E-state index in [4.69, 9.17) is 5.26 Å². The van der Waals surface area contributed by atoms with Gasteiger partial charge in [-0.1, -0.05) is 0 Å². The molecule has 0 aromatic rings. The van der Waals surface area contributed by atoms with Crippen LogP contribution >= 0.6 is 0 Å². The average molecular weight is 159 g/mol. The lowest BCUT2D eigenvalue weighted by atomic mass is 9.99. The zero-order chi connectivity index (χ0) is 8.32. The first kappa shape index (κ1) is 8.45. The molecule has 0 N–H and O–H groups in total. The third-order valence-electron chi connectivity index (χ3n) is 2.26. The average Bonchev–Trinajstić information content (AvgIpc) is 2.25. The third kappa shape index (κ3) is 1.89. The van der Waals surface area contributed by atoms with Crippen molar-refractivity contribution in [2.75, 3.05) is 0 Å². The molecule has 0 heterocycles. The largest absolute Gasteiger partial charge is 0.250 e. The van der Waals surface area contributed by atoms with Crippen LogP contribution in [-0.2, 0) is 0 Å². The van der Waals surface area contributed by atoms with E-state index in [1.165, 1.54) is 0 Å². The van der Waals surface area contributed by atoms with Crippen LogP contribution in [0.4, 0.5) is 8.78 Å². The lowest BCUT2D eigenvalue weighted by Crippen LogP contribution is -2.21. The Morgan fingerprint density at radius 2 is 2.27 bits per heavy atom. The SMILES string of the molecule is N#CCCC1CCCC1(F)F. The highest BCUT2D eigenvalue weighted by Crippen LogP contribution is 2.42. The molecule has 0 aromatic heterocycles. The smallest absolute Gasteiger partial charge is 0.207 e. The summed E-state index contributed by atoms with van der Waals surface area (Å²) in [6.45, 7) is 0. The van der Waals surface area contributed by atoms with E-state index in [0.717, 1.165) is 0 Å². The molecule has 0 saturated heterocycles. The quantitative estimate of drug-likeness (QED) is 0.607. The molecule has 0 aromatic carbocycles. The highest BCUT2D eigenvalue weighted by atomic mass is 19.3. The van der Waals surface area contributed by atoms with Gasteiger partial charge in [-0.3, -0.25) is 0 Å². The van der Waals surface area contributed by atoms with Crippen LogP contribution in [0.5, 0.6) is 0 Å². The maximum atomic E-state index is 12.8. The molecule has 1 saturated carbocycles. The van der Waals surface area contributed by atoms with Crippen molar-refractivity contribution >= 4 is 0 Å². The van der Waals surface area contributed by atoms with Crippen LogP contribution < -0.4 is 0 Å². The molecule has 1 nitrogen and oxygen atoms in total. The van der Waals surface area contributed by atoms with Crippen LogP contribution in [0.1, 0.15) is 32.1 Å². The summed E-state index contributed by atoms with van der Waals surface area (Å²) >= 11 is 0. The van der Waals surface area contributed by atoms with E-state index >= 15 is 0 Å². The zero-order valence-corrected chi connectivity index (χ0v) is 6.32. The maximum absolute atomic E-state index is 12.8. The lowest BCUT2D eigenvalue weighted by Gasteiger charge is -2.16. The van der Waals surface area contributed by atoms with Gasteiger partial charge in [-0.25, -0.2) is 8.78 Å². The fraction of sp³-hybridized carbons (Fsp3) is 0.875. The van der Waals surface area contributed by atoms with Gasteiger partial charge >= 0.3 is 0 Å². The third-order valence-corrected chi connectivity index (χ3v) is 2.26. The van der Waals surface area contributed by atoms with Crippen LogP contribution in [0, 0.1) is 17.2 Å². The molecule has 1 aliphatic carbocycles. The van der Waals surface area contributed by atoms with Gasteiger partial charge in [0.05, 0.1) is 6.07 Å². The first-order valence-electron chi connectivity index (χ1n) is 3.91. The minimum atomic E-state index is -2.49. The van der Waals surface area contributed by atoms with E-state index in [1.54, 1.807) is 0 Å². The van der Waals surface area contributed by atoms with Crippen molar-refractivity contribution in [3.05, 3.63) is 0 Å². The van der Waals surface area contributed by atoms with E-state index < -0.39 is 11.8 Å². The summed E-state index contributed by atoms with van der Waals surface area (Å²) in [6.07, 6.45) is 1.85. The molecule has 0 bridgehead atoms. The second-order valence-corrected chi connectivity index (χ2v) is 3.05. The van der Waals surface area contributed by atoms with E-state index in [2.05, 4.69) is 0 Å². The second-order valence-electron chi connectivity index (χ2n) is 3.05. The fourth-order valence-corrected chi connectivity index (χ4v) is 1.59. The number of nitrogens with zero attached hydrogens (tertiary/aromatic N) is 1. The van der Waals surface area contributed by atoms with Gasteiger partial charge in [-0.2, -0.15) is 5.26 Å². The predicted molar refractivity (Wildman–Crippen MR) is 37.1 cm³/mol. The van der Waals surface area contributed by atoms with Crippen LogP contribution in [0.3, 0.4) is 0 Å². The molecule has 0 spiro atoms. The topological polar surface area (TPSA) is 23.8 Å². The first-order valence-corrected chi connectivity index (χ1v) is 3.91. The summed E-state index contributed by atoms with van der Waals surface area (Å²) in [6, 6.07) is 1.90. The minimum absolute atomic E-state index is 0.0170. The van der Waals surface area contributed by atoms with Gasteiger partial charge in [0.25, 0.3) is 5.92 Å². The molecule has 0 radical (unpaired) electrons. The molecular weight excluding hydrogens is 148 g/mol. The Balaban J connectivity index is 2.40. The Labute approximate surface area is 65.0 Å². The summed E-state index contributed by atoms with van der Waals surface area (Å²) in [5, 5.41) is 8.20. The van der Waals surface area contributed by atoms with Gasteiger partial charge in [-0.15, -0.1) is 0 Å². The molecule has 1 atom stereocenters. The molecule has 1 rings (SSSR count). The molecular formula is C8H11F2N. The zero-order valence-electron chi connectivity index (χ0n) is 6.32. The summed E-state index contributed by atoms with van der Waals surface area (Å²) in [4.78, 5) is 0. The highest BCUT2D eigenvalue weighted by molar-refractivity contribution is 4.86. The standard InChI is InChI=1S/C8H11F2N/c9-8(10)5-1-3-7(8)4-2-6-11/h7H,1-5H2. The first-order chi connectivity index (χ1) is 5.17. The van der Waals surface area contributed by atoms with Crippen LogP contribution in [0.25, 0.3) is 0 Å². The van der Waals surface area contributed by atoms with Crippen molar-refractivity contribution in [3.8, 4) is 6.07 Å². The lowest BCUT2D eigenvalue weighted by molar-refractivity contribution is -0.0388. The highest BCUT2D eigenvalue weighted by Gasteiger charge is 2.42. The van der Waals surface area contributed by atoms with Crippen LogP contribution in [0.2, 0.25) is 0 Å². The number of nitriles is 1. The Bertz CT molecular complexity index is 171. The molecule has 3 heteroatoms. The van der Waals surface area contributed by atoms with E-state index in [9.17, 15) is 8.78 Å². The maximum Gasteiger partial charge on any atom is 0.250 e. The Kier molecular flexibility index (Phi) is 2.43.